The van der Waals surface area contributed by atoms with E-state index >= 15 is 0 Å². The van der Waals surface area contributed by atoms with Crippen LogP contribution < -0.4 is 4.74 Å². The first kappa shape index (κ1) is 9.51. The second-order valence-corrected chi connectivity index (χ2v) is 4.02. The maximum atomic E-state index is 5.62. The van der Waals surface area contributed by atoms with E-state index < -0.39 is 0 Å². The minimum Gasteiger partial charge on any atom is -0.424 e. The Balaban J connectivity index is 2.28. The number of para-hydroxylation sites is 1. The van der Waals surface area contributed by atoms with E-state index in [9.17, 15) is 0 Å². The van der Waals surface area contributed by atoms with Gasteiger partial charge in [-0.3, -0.25) is 0 Å². The number of ether oxygens (including phenoxy) is 1. The average molecular weight is 300 g/mol. The van der Waals surface area contributed by atoms with Crippen LogP contribution in [0, 0.1) is 3.57 Å². The summed E-state index contributed by atoms with van der Waals surface area (Å²) >= 11 is 2.23. The molecule has 2 rings (SSSR count). The molecule has 0 atom stereocenters. The van der Waals surface area contributed by atoms with Crippen molar-refractivity contribution in [2.45, 2.75) is 0 Å². The third kappa shape index (κ3) is 1.89. The van der Waals surface area contributed by atoms with E-state index in [-0.39, 0.29) is 0 Å². The van der Waals surface area contributed by atoms with Crippen LogP contribution in [0.1, 0.15) is 0 Å². The summed E-state index contributed by atoms with van der Waals surface area (Å²) in [4.78, 5) is 4.09. The van der Waals surface area contributed by atoms with Gasteiger partial charge in [-0.25, -0.2) is 4.98 Å². The van der Waals surface area contributed by atoms with Crippen molar-refractivity contribution in [1.29, 1.82) is 0 Å². The molecule has 0 N–H and O–H groups in total. The summed E-state index contributed by atoms with van der Waals surface area (Å²) in [6, 6.07) is 8.46. The molecule has 14 heavy (non-hydrogen) atoms. The van der Waals surface area contributed by atoms with Crippen molar-refractivity contribution in [2.24, 2.45) is 7.05 Å². The Morgan fingerprint density at radius 2 is 2.14 bits per heavy atom. The highest BCUT2D eigenvalue weighted by Gasteiger charge is 2.04. The Labute approximate surface area is 95.9 Å². The first-order valence-electron chi connectivity index (χ1n) is 4.17. The Morgan fingerprint density at radius 1 is 1.36 bits per heavy atom. The summed E-state index contributed by atoms with van der Waals surface area (Å²) in [5.74, 6) is 0.836. The van der Waals surface area contributed by atoms with Gasteiger partial charge in [0.2, 0.25) is 0 Å². The topological polar surface area (TPSA) is 27.1 Å². The molecule has 0 saturated heterocycles. The predicted octanol–water partition coefficient (Wildman–Crippen LogP) is 2.82. The molecule has 0 amide bonds. The van der Waals surface area contributed by atoms with E-state index in [4.69, 9.17) is 4.74 Å². The van der Waals surface area contributed by atoms with Crippen molar-refractivity contribution in [1.82, 2.24) is 9.55 Å². The maximum Gasteiger partial charge on any atom is 0.301 e. The first-order chi connectivity index (χ1) is 6.77. The van der Waals surface area contributed by atoms with Gasteiger partial charge in [0, 0.05) is 19.4 Å². The number of hydrogen-bond acceptors (Lipinski definition) is 2. The fourth-order valence-corrected chi connectivity index (χ4v) is 1.57. The van der Waals surface area contributed by atoms with Gasteiger partial charge in [-0.2, -0.15) is 0 Å². The number of rotatable bonds is 2. The number of halogens is 1. The molecular weight excluding hydrogens is 291 g/mol. The zero-order valence-corrected chi connectivity index (χ0v) is 9.80. The Hall–Kier alpha value is -1.04. The van der Waals surface area contributed by atoms with Crippen LogP contribution in [-0.4, -0.2) is 9.55 Å². The molecule has 4 heteroatoms. The highest BCUT2D eigenvalue weighted by atomic mass is 127. The van der Waals surface area contributed by atoms with Crippen LogP contribution >= 0.6 is 22.6 Å². The summed E-state index contributed by atoms with van der Waals surface area (Å²) in [5.41, 5.74) is 0. The van der Waals surface area contributed by atoms with E-state index in [0.29, 0.717) is 6.01 Å². The molecular formula is C10H9IN2O. The smallest absolute Gasteiger partial charge is 0.301 e. The molecule has 2 aromatic rings. The molecule has 3 nitrogen and oxygen atoms in total. The fourth-order valence-electron chi connectivity index (χ4n) is 1.08. The summed E-state index contributed by atoms with van der Waals surface area (Å²) in [6.45, 7) is 0. The van der Waals surface area contributed by atoms with Gasteiger partial charge < -0.3 is 9.30 Å². The number of nitrogens with zero attached hydrogens (tertiary/aromatic N) is 2. The lowest BCUT2D eigenvalue weighted by Gasteiger charge is -2.05. The minimum absolute atomic E-state index is 0.606. The monoisotopic (exact) mass is 300 g/mol. The number of hydrogen-bond donors (Lipinski definition) is 0. The Kier molecular flexibility index (Phi) is 2.72. The van der Waals surface area contributed by atoms with E-state index in [2.05, 4.69) is 27.6 Å². The summed E-state index contributed by atoms with van der Waals surface area (Å²) in [5, 5.41) is 0. The van der Waals surface area contributed by atoms with E-state index in [1.54, 1.807) is 6.20 Å². The van der Waals surface area contributed by atoms with Gasteiger partial charge in [0.05, 0.1) is 3.57 Å². The van der Waals surface area contributed by atoms with Crippen molar-refractivity contribution in [2.75, 3.05) is 0 Å². The highest BCUT2D eigenvalue weighted by molar-refractivity contribution is 14.1. The maximum absolute atomic E-state index is 5.62. The molecule has 0 bridgehead atoms. The normalized spacial score (nSPS) is 10.1. The van der Waals surface area contributed by atoms with Gasteiger partial charge in [0.15, 0.2) is 0 Å². The second-order valence-electron chi connectivity index (χ2n) is 2.85. The molecule has 0 aliphatic carbocycles. The molecule has 1 aromatic carbocycles. The quantitative estimate of drug-likeness (QED) is 0.798. The molecule has 72 valence electrons. The highest BCUT2D eigenvalue weighted by Crippen LogP contribution is 2.24. The fraction of sp³-hybridized carbons (Fsp3) is 0.100. The van der Waals surface area contributed by atoms with Gasteiger partial charge in [0.1, 0.15) is 5.75 Å². The van der Waals surface area contributed by atoms with Crippen molar-refractivity contribution < 1.29 is 4.74 Å². The zero-order valence-electron chi connectivity index (χ0n) is 7.64. The van der Waals surface area contributed by atoms with Crippen LogP contribution in [0.25, 0.3) is 0 Å². The number of aryl methyl sites for hydroxylation is 1. The minimum atomic E-state index is 0.606. The van der Waals surface area contributed by atoms with Gasteiger partial charge in [-0.15, -0.1) is 0 Å². The molecule has 0 aliphatic heterocycles. The molecule has 0 spiro atoms. The van der Waals surface area contributed by atoms with E-state index in [1.165, 1.54) is 0 Å². The number of imidazole rings is 1. The van der Waals surface area contributed by atoms with Gasteiger partial charge in [-0.1, -0.05) is 12.1 Å². The summed E-state index contributed by atoms with van der Waals surface area (Å²) in [6.07, 6.45) is 3.57. The molecule has 0 unspecified atom stereocenters. The predicted molar refractivity (Wildman–Crippen MR) is 62.4 cm³/mol. The van der Waals surface area contributed by atoms with Gasteiger partial charge in [-0.05, 0) is 34.7 Å². The summed E-state index contributed by atoms with van der Waals surface area (Å²) < 4.78 is 8.54. The average Bonchev–Trinajstić information content (AvgIpc) is 2.56. The van der Waals surface area contributed by atoms with Crippen LogP contribution in [0.5, 0.6) is 11.8 Å². The van der Waals surface area contributed by atoms with Crippen LogP contribution in [0.15, 0.2) is 36.7 Å². The van der Waals surface area contributed by atoms with Gasteiger partial charge >= 0.3 is 6.01 Å². The van der Waals surface area contributed by atoms with Crippen molar-refractivity contribution in [3.63, 3.8) is 0 Å². The van der Waals surface area contributed by atoms with Gasteiger partial charge in [0.25, 0.3) is 0 Å². The molecule has 0 fully saturated rings. The van der Waals surface area contributed by atoms with Crippen LogP contribution in [0.3, 0.4) is 0 Å². The Bertz CT molecular complexity index is 439. The van der Waals surface area contributed by atoms with Crippen molar-refractivity contribution >= 4 is 22.6 Å². The lowest BCUT2D eigenvalue weighted by Crippen LogP contribution is -1.94. The molecule has 1 aromatic heterocycles. The number of benzene rings is 1. The molecule has 1 heterocycles. The first-order valence-corrected chi connectivity index (χ1v) is 5.25. The van der Waals surface area contributed by atoms with Crippen LogP contribution in [0.2, 0.25) is 0 Å². The SMILES string of the molecule is Cn1ccnc1Oc1ccccc1I. The van der Waals surface area contributed by atoms with Crippen LogP contribution in [-0.2, 0) is 7.05 Å². The second kappa shape index (κ2) is 4.00. The largest absolute Gasteiger partial charge is 0.424 e. The molecule has 0 aliphatic rings. The van der Waals surface area contributed by atoms with Crippen molar-refractivity contribution in [3.05, 3.63) is 40.2 Å². The Morgan fingerprint density at radius 3 is 2.79 bits per heavy atom. The molecule has 0 saturated carbocycles. The van der Waals surface area contributed by atoms with E-state index in [0.717, 1.165) is 9.32 Å². The number of aromatic nitrogens is 2. The summed E-state index contributed by atoms with van der Waals surface area (Å²) in [7, 11) is 1.90. The lowest BCUT2D eigenvalue weighted by molar-refractivity contribution is 0.422. The lowest BCUT2D eigenvalue weighted by atomic mass is 10.3. The third-order valence-corrected chi connectivity index (χ3v) is 2.71. The van der Waals surface area contributed by atoms with Crippen molar-refractivity contribution in [3.8, 4) is 11.8 Å². The zero-order chi connectivity index (χ0) is 9.97. The molecule has 0 radical (unpaired) electrons. The van der Waals surface area contributed by atoms with Crippen LogP contribution in [0.4, 0.5) is 0 Å². The van der Waals surface area contributed by atoms with E-state index in [1.807, 2.05) is 42.1 Å². The standard InChI is InChI=1S/C10H9IN2O/c1-13-7-6-12-10(13)14-9-5-3-2-4-8(9)11/h2-7H,1H3. The third-order valence-electron chi connectivity index (χ3n) is 1.81.